The number of nitrogens with one attached hydrogen (secondary N) is 1. The molecule has 1 rings (SSSR count). The molecular weight excluding hydrogens is 214 g/mol. The van der Waals surface area contributed by atoms with Crippen LogP contribution in [0.25, 0.3) is 0 Å². The summed E-state index contributed by atoms with van der Waals surface area (Å²) in [7, 11) is 0. The van der Waals surface area contributed by atoms with Gasteiger partial charge in [-0.05, 0) is 31.9 Å². The predicted octanol–water partition coefficient (Wildman–Crippen LogP) is 4.22. The summed E-state index contributed by atoms with van der Waals surface area (Å²) in [5, 5.41) is 4.64. The second-order valence-corrected chi connectivity index (χ2v) is 6.73. The molecule has 16 heavy (non-hydrogen) atoms. The third-order valence-electron chi connectivity index (χ3n) is 3.60. The molecule has 96 valence electrons. The maximum absolute atomic E-state index is 3.82. The van der Waals surface area contributed by atoms with Crippen LogP contribution in [0.5, 0.6) is 0 Å². The van der Waals surface area contributed by atoms with Crippen molar-refractivity contribution in [1.29, 1.82) is 0 Å². The van der Waals surface area contributed by atoms with Gasteiger partial charge in [0.05, 0.1) is 0 Å². The molecule has 3 atom stereocenters. The van der Waals surface area contributed by atoms with E-state index in [1.54, 1.807) is 0 Å². The quantitative estimate of drug-likeness (QED) is 0.672. The molecule has 0 saturated carbocycles. The third kappa shape index (κ3) is 5.58. The zero-order chi connectivity index (χ0) is 11.8. The average molecular weight is 243 g/mol. The van der Waals surface area contributed by atoms with Crippen LogP contribution in [0.3, 0.4) is 0 Å². The normalized spacial score (nSPS) is 27.9. The highest BCUT2D eigenvalue weighted by Gasteiger charge is 2.22. The Bertz CT molecular complexity index is 172. The van der Waals surface area contributed by atoms with Gasteiger partial charge in [-0.15, -0.1) is 0 Å². The van der Waals surface area contributed by atoms with Gasteiger partial charge < -0.3 is 5.32 Å². The summed E-state index contributed by atoms with van der Waals surface area (Å²) in [4.78, 5) is 0. The predicted molar refractivity (Wildman–Crippen MR) is 76.3 cm³/mol. The average Bonchev–Trinajstić information content (AvgIpc) is 2.28. The van der Waals surface area contributed by atoms with Crippen LogP contribution in [-0.2, 0) is 0 Å². The molecule has 0 aliphatic carbocycles. The maximum Gasteiger partial charge on any atom is 0.0186 e. The topological polar surface area (TPSA) is 12.0 Å². The van der Waals surface area contributed by atoms with Crippen molar-refractivity contribution in [2.45, 2.75) is 83.1 Å². The molecule has 0 radical (unpaired) electrons. The number of hydrogen-bond acceptors (Lipinski definition) is 2. The van der Waals surface area contributed by atoms with Crippen molar-refractivity contribution in [3.8, 4) is 0 Å². The van der Waals surface area contributed by atoms with Gasteiger partial charge in [0, 0.05) is 17.3 Å². The van der Waals surface area contributed by atoms with Crippen molar-refractivity contribution in [2.75, 3.05) is 5.75 Å². The Balaban J connectivity index is 2.09. The monoisotopic (exact) mass is 243 g/mol. The van der Waals surface area contributed by atoms with Gasteiger partial charge in [-0.2, -0.15) is 11.8 Å². The first kappa shape index (κ1) is 14.4. The summed E-state index contributed by atoms with van der Waals surface area (Å²) in [6, 6.07) is 1.47. The minimum absolute atomic E-state index is 0.711. The van der Waals surface area contributed by atoms with E-state index in [0.717, 1.165) is 11.3 Å². The van der Waals surface area contributed by atoms with Gasteiger partial charge in [0.2, 0.25) is 0 Å². The van der Waals surface area contributed by atoms with Crippen molar-refractivity contribution < 1.29 is 0 Å². The molecular formula is C14H29NS. The zero-order valence-electron chi connectivity index (χ0n) is 11.3. The van der Waals surface area contributed by atoms with Gasteiger partial charge in [-0.1, -0.05) is 39.5 Å². The summed E-state index contributed by atoms with van der Waals surface area (Å²) in [5.74, 6) is 1.37. The molecule has 0 bridgehead atoms. The molecule has 2 heteroatoms. The Kier molecular flexibility index (Phi) is 7.55. The van der Waals surface area contributed by atoms with Crippen LogP contribution in [-0.4, -0.2) is 23.1 Å². The first-order valence-electron chi connectivity index (χ1n) is 7.11. The minimum Gasteiger partial charge on any atom is -0.310 e. The first-order chi connectivity index (χ1) is 7.74. The number of thioether (sulfide) groups is 1. The molecule has 1 aliphatic rings. The molecule has 1 N–H and O–H groups in total. The smallest absolute Gasteiger partial charge is 0.0186 e. The Morgan fingerprint density at radius 1 is 1.31 bits per heavy atom. The van der Waals surface area contributed by atoms with E-state index in [9.17, 15) is 0 Å². The lowest BCUT2D eigenvalue weighted by atomic mass is 10.0. The largest absolute Gasteiger partial charge is 0.310 e. The van der Waals surface area contributed by atoms with Crippen LogP contribution >= 0.6 is 11.8 Å². The summed E-state index contributed by atoms with van der Waals surface area (Å²) in [6.07, 6.45) is 9.70. The van der Waals surface area contributed by atoms with E-state index in [2.05, 4.69) is 37.8 Å². The van der Waals surface area contributed by atoms with Gasteiger partial charge in [0.25, 0.3) is 0 Å². The standard InChI is InChI=1S/C14H29NS/c1-4-5-6-7-9-12(2)15-14-10-8-11-16-13(14)3/h12-15H,4-11H2,1-3H3. The van der Waals surface area contributed by atoms with E-state index in [1.807, 2.05) is 0 Å². The second-order valence-electron chi connectivity index (χ2n) is 5.24. The van der Waals surface area contributed by atoms with Crippen LogP contribution in [0.2, 0.25) is 0 Å². The fourth-order valence-electron chi connectivity index (χ4n) is 2.47. The summed E-state index contributed by atoms with van der Waals surface area (Å²) in [6.45, 7) is 7.02. The Morgan fingerprint density at radius 3 is 2.81 bits per heavy atom. The second kappa shape index (κ2) is 8.41. The SMILES string of the molecule is CCCCCCC(C)NC1CCCSC1C. The van der Waals surface area contributed by atoms with Gasteiger partial charge in [0.1, 0.15) is 0 Å². The van der Waals surface area contributed by atoms with E-state index in [0.29, 0.717) is 6.04 Å². The van der Waals surface area contributed by atoms with Gasteiger partial charge >= 0.3 is 0 Å². The Morgan fingerprint density at radius 2 is 2.12 bits per heavy atom. The summed E-state index contributed by atoms with van der Waals surface area (Å²) in [5.41, 5.74) is 0. The lowest BCUT2D eigenvalue weighted by Crippen LogP contribution is -2.43. The number of hydrogen-bond donors (Lipinski definition) is 1. The van der Waals surface area contributed by atoms with Crippen molar-refractivity contribution >= 4 is 11.8 Å². The lowest BCUT2D eigenvalue weighted by molar-refractivity contribution is 0.387. The first-order valence-corrected chi connectivity index (χ1v) is 8.16. The Hall–Kier alpha value is 0.310. The van der Waals surface area contributed by atoms with E-state index in [-0.39, 0.29) is 0 Å². The lowest BCUT2D eigenvalue weighted by Gasteiger charge is -2.31. The number of unbranched alkanes of at least 4 members (excludes halogenated alkanes) is 3. The molecule has 1 fully saturated rings. The number of rotatable bonds is 7. The van der Waals surface area contributed by atoms with Crippen LogP contribution in [0.15, 0.2) is 0 Å². The van der Waals surface area contributed by atoms with E-state index >= 15 is 0 Å². The van der Waals surface area contributed by atoms with Crippen LogP contribution in [0, 0.1) is 0 Å². The van der Waals surface area contributed by atoms with E-state index < -0.39 is 0 Å². The molecule has 0 spiro atoms. The highest BCUT2D eigenvalue weighted by atomic mass is 32.2. The van der Waals surface area contributed by atoms with Gasteiger partial charge in [0.15, 0.2) is 0 Å². The molecule has 0 aromatic heterocycles. The van der Waals surface area contributed by atoms with Crippen LogP contribution in [0.1, 0.15) is 65.7 Å². The minimum atomic E-state index is 0.711. The van der Waals surface area contributed by atoms with Crippen molar-refractivity contribution in [2.24, 2.45) is 0 Å². The fraction of sp³-hybridized carbons (Fsp3) is 1.00. The highest BCUT2D eigenvalue weighted by molar-refractivity contribution is 7.99. The fourth-order valence-corrected chi connectivity index (χ4v) is 3.62. The molecule has 0 aromatic rings. The Labute approximate surface area is 106 Å². The third-order valence-corrected chi connectivity index (χ3v) is 4.97. The van der Waals surface area contributed by atoms with Crippen molar-refractivity contribution in [3.05, 3.63) is 0 Å². The molecule has 1 saturated heterocycles. The highest BCUT2D eigenvalue weighted by Crippen LogP contribution is 2.25. The molecule has 3 unspecified atom stereocenters. The maximum atomic E-state index is 3.82. The van der Waals surface area contributed by atoms with Gasteiger partial charge in [-0.3, -0.25) is 0 Å². The molecule has 0 amide bonds. The molecule has 1 heterocycles. The van der Waals surface area contributed by atoms with Crippen molar-refractivity contribution in [3.63, 3.8) is 0 Å². The summed E-state index contributed by atoms with van der Waals surface area (Å²) < 4.78 is 0. The van der Waals surface area contributed by atoms with E-state index in [1.165, 1.54) is 50.7 Å². The summed E-state index contributed by atoms with van der Waals surface area (Å²) >= 11 is 2.14. The van der Waals surface area contributed by atoms with Crippen LogP contribution < -0.4 is 5.32 Å². The molecule has 0 aromatic carbocycles. The van der Waals surface area contributed by atoms with Crippen molar-refractivity contribution in [1.82, 2.24) is 5.32 Å². The van der Waals surface area contributed by atoms with Crippen LogP contribution in [0.4, 0.5) is 0 Å². The zero-order valence-corrected chi connectivity index (χ0v) is 12.1. The van der Waals surface area contributed by atoms with Gasteiger partial charge in [-0.25, -0.2) is 0 Å². The molecule has 1 aliphatic heterocycles. The van der Waals surface area contributed by atoms with E-state index in [4.69, 9.17) is 0 Å². The molecule has 1 nitrogen and oxygen atoms in total.